The largest absolute Gasteiger partial charge is 0.325 e. The Labute approximate surface area is 120 Å². The average Bonchev–Trinajstić information content (AvgIpc) is 3.00. The predicted molar refractivity (Wildman–Crippen MR) is 81.1 cm³/mol. The van der Waals surface area contributed by atoms with Gasteiger partial charge in [-0.2, -0.15) is 0 Å². The molecular weight excluding hydrogens is 272 g/mol. The van der Waals surface area contributed by atoms with Gasteiger partial charge in [0.1, 0.15) is 0 Å². The number of likely N-dealkylation sites (N-methyl/N-ethyl adjacent to an activating group) is 1. The van der Waals surface area contributed by atoms with E-state index in [0.29, 0.717) is 6.54 Å². The van der Waals surface area contributed by atoms with Crippen LogP contribution in [0.25, 0.3) is 16.2 Å². The number of carbonyl (C=O) groups is 1. The van der Waals surface area contributed by atoms with Crippen molar-refractivity contribution in [3.05, 3.63) is 42.0 Å². The topological polar surface area (TPSA) is 58.4 Å². The number of aromatic nitrogens is 2. The van der Waals surface area contributed by atoms with Crippen LogP contribution < -0.4 is 10.6 Å². The number of hydrogen-bond acceptors (Lipinski definition) is 4. The highest BCUT2D eigenvalue weighted by Crippen LogP contribution is 2.22. The van der Waals surface area contributed by atoms with Gasteiger partial charge >= 0.3 is 0 Å². The van der Waals surface area contributed by atoms with Gasteiger partial charge in [-0.3, -0.25) is 9.20 Å². The number of nitrogens with one attached hydrogen (secondary N) is 2. The van der Waals surface area contributed by atoms with Gasteiger partial charge < -0.3 is 10.6 Å². The Hall–Kier alpha value is -2.18. The molecule has 0 atom stereocenters. The summed E-state index contributed by atoms with van der Waals surface area (Å²) in [6, 6.07) is 7.69. The molecule has 3 aromatic rings. The number of anilines is 1. The second-order valence-corrected chi connectivity index (χ2v) is 5.25. The van der Waals surface area contributed by atoms with Gasteiger partial charge in [-0.15, -0.1) is 11.3 Å². The van der Waals surface area contributed by atoms with Gasteiger partial charge in [0.05, 0.1) is 12.2 Å². The summed E-state index contributed by atoms with van der Waals surface area (Å²) in [7, 11) is 1.74. The second-order valence-electron chi connectivity index (χ2n) is 4.37. The van der Waals surface area contributed by atoms with E-state index in [9.17, 15) is 4.79 Å². The number of amides is 1. The number of hydrogen-bond donors (Lipinski definition) is 2. The fourth-order valence-electron chi connectivity index (χ4n) is 1.96. The fourth-order valence-corrected chi connectivity index (χ4v) is 2.66. The third-order valence-corrected chi connectivity index (χ3v) is 3.67. The number of nitrogens with zero attached hydrogens (tertiary/aromatic N) is 2. The molecule has 2 N–H and O–H groups in total. The number of imidazole rings is 1. The molecule has 5 nitrogen and oxygen atoms in total. The molecule has 0 unspecified atom stereocenters. The summed E-state index contributed by atoms with van der Waals surface area (Å²) in [6.45, 7) is 0.305. The Morgan fingerprint density at radius 3 is 2.85 bits per heavy atom. The zero-order valence-electron chi connectivity index (χ0n) is 11.0. The Morgan fingerprint density at radius 1 is 1.35 bits per heavy atom. The zero-order chi connectivity index (χ0) is 13.9. The van der Waals surface area contributed by atoms with E-state index in [0.717, 1.165) is 21.9 Å². The minimum Gasteiger partial charge on any atom is -0.325 e. The minimum absolute atomic E-state index is 0.0530. The minimum atomic E-state index is -0.0530. The number of fused-ring (bicyclic) bond motifs is 1. The van der Waals surface area contributed by atoms with Crippen molar-refractivity contribution in [1.82, 2.24) is 14.7 Å². The second kappa shape index (κ2) is 5.44. The molecule has 0 spiro atoms. The molecule has 2 aromatic heterocycles. The molecule has 0 radical (unpaired) electrons. The molecule has 0 aliphatic heterocycles. The quantitative estimate of drug-likeness (QED) is 0.773. The molecule has 1 aromatic carbocycles. The highest BCUT2D eigenvalue weighted by molar-refractivity contribution is 7.15. The van der Waals surface area contributed by atoms with Crippen LogP contribution in [0.1, 0.15) is 0 Å². The molecule has 2 heterocycles. The first kappa shape index (κ1) is 12.8. The SMILES string of the molecule is CNCC(=O)Nc1ccc(-c2cn3ccsc3n2)cc1. The van der Waals surface area contributed by atoms with Gasteiger partial charge in [0.2, 0.25) is 5.91 Å². The van der Waals surface area contributed by atoms with Crippen molar-refractivity contribution in [1.29, 1.82) is 0 Å². The maximum absolute atomic E-state index is 11.5. The maximum Gasteiger partial charge on any atom is 0.238 e. The molecule has 6 heteroatoms. The van der Waals surface area contributed by atoms with Crippen LogP contribution in [0, 0.1) is 0 Å². The van der Waals surface area contributed by atoms with Crippen molar-refractivity contribution in [2.45, 2.75) is 0 Å². The Bertz CT molecular complexity index is 701. The van der Waals surface area contributed by atoms with Gasteiger partial charge in [-0.05, 0) is 19.2 Å². The predicted octanol–water partition coefficient (Wildman–Crippen LogP) is 2.22. The van der Waals surface area contributed by atoms with Crippen molar-refractivity contribution in [3.8, 4) is 11.3 Å². The molecule has 0 saturated heterocycles. The third kappa shape index (κ3) is 2.56. The van der Waals surface area contributed by atoms with Crippen molar-refractivity contribution in [2.24, 2.45) is 0 Å². The standard InChI is InChI=1S/C14H14N4OS/c1-15-8-13(19)16-11-4-2-10(3-5-11)12-9-18-6-7-20-14(18)17-12/h2-7,9,15H,8H2,1H3,(H,16,19). The third-order valence-electron chi connectivity index (χ3n) is 2.90. The fraction of sp³-hybridized carbons (Fsp3) is 0.143. The Morgan fingerprint density at radius 2 is 2.15 bits per heavy atom. The first-order chi connectivity index (χ1) is 9.76. The highest BCUT2D eigenvalue weighted by Gasteiger charge is 2.06. The lowest BCUT2D eigenvalue weighted by Gasteiger charge is -2.05. The summed E-state index contributed by atoms with van der Waals surface area (Å²) in [4.78, 5) is 17.0. The van der Waals surface area contributed by atoms with Crippen LogP contribution in [-0.2, 0) is 4.79 Å². The molecule has 20 heavy (non-hydrogen) atoms. The van der Waals surface area contributed by atoms with Gasteiger partial charge in [-0.25, -0.2) is 4.98 Å². The molecule has 102 valence electrons. The van der Waals surface area contributed by atoms with Crippen LogP contribution in [0.4, 0.5) is 5.69 Å². The van der Waals surface area contributed by atoms with E-state index in [-0.39, 0.29) is 5.91 Å². The van der Waals surface area contributed by atoms with Gasteiger partial charge in [-0.1, -0.05) is 12.1 Å². The van der Waals surface area contributed by atoms with Crippen LogP contribution in [0.5, 0.6) is 0 Å². The lowest BCUT2D eigenvalue weighted by atomic mass is 10.1. The number of benzene rings is 1. The first-order valence-electron chi connectivity index (χ1n) is 6.23. The van der Waals surface area contributed by atoms with E-state index < -0.39 is 0 Å². The Kier molecular flexibility index (Phi) is 3.49. The average molecular weight is 286 g/mol. The molecule has 0 bridgehead atoms. The molecule has 3 rings (SSSR count). The smallest absolute Gasteiger partial charge is 0.238 e. The van der Waals surface area contributed by atoms with Crippen molar-refractivity contribution >= 4 is 27.9 Å². The van der Waals surface area contributed by atoms with Gasteiger partial charge in [0.25, 0.3) is 0 Å². The van der Waals surface area contributed by atoms with Crippen LogP contribution in [0.15, 0.2) is 42.0 Å². The summed E-state index contributed by atoms with van der Waals surface area (Å²) < 4.78 is 2.00. The van der Waals surface area contributed by atoms with E-state index in [2.05, 4.69) is 15.6 Å². The van der Waals surface area contributed by atoms with E-state index in [1.807, 2.05) is 46.4 Å². The lowest BCUT2D eigenvalue weighted by molar-refractivity contribution is -0.115. The molecule has 0 saturated carbocycles. The Balaban J connectivity index is 1.78. The zero-order valence-corrected chi connectivity index (χ0v) is 11.8. The lowest BCUT2D eigenvalue weighted by Crippen LogP contribution is -2.24. The van der Waals surface area contributed by atoms with E-state index in [1.165, 1.54) is 0 Å². The summed E-state index contributed by atoms with van der Waals surface area (Å²) in [5.41, 5.74) is 2.76. The van der Waals surface area contributed by atoms with E-state index in [4.69, 9.17) is 0 Å². The molecular formula is C14H14N4OS. The van der Waals surface area contributed by atoms with Gasteiger partial charge in [0.15, 0.2) is 4.96 Å². The van der Waals surface area contributed by atoms with Crippen molar-refractivity contribution < 1.29 is 4.79 Å². The van der Waals surface area contributed by atoms with Crippen molar-refractivity contribution in [2.75, 3.05) is 18.9 Å². The van der Waals surface area contributed by atoms with Gasteiger partial charge in [0, 0.05) is 29.0 Å². The van der Waals surface area contributed by atoms with Crippen LogP contribution in [0.3, 0.4) is 0 Å². The number of carbonyl (C=O) groups excluding carboxylic acids is 1. The molecule has 0 aliphatic rings. The molecule has 1 amide bonds. The summed E-state index contributed by atoms with van der Waals surface area (Å²) in [5.74, 6) is -0.0530. The van der Waals surface area contributed by atoms with Crippen LogP contribution in [0.2, 0.25) is 0 Å². The van der Waals surface area contributed by atoms with Crippen molar-refractivity contribution in [3.63, 3.8) is 0 Å². The molecule has 0 aliphatic carbocycles. The first-order valence-corrected chi connectivity index (χ1v) is 7.11. The normalized spacial score (nSPS) is 10.8. The summed E-state index contributed by atoms with van der Waals surface area (Å²) in [6.07, 6.45) is 3.99. The number of rotatable bonds is 4. The molecule has 0 fully saturated rings. The highest BCUT2D eigenvalue weighted by atomic mass is 32.1. The monoisotopic (exact) mass is 286 g/mol. The van der Waals surface area contributed by atoms with E-state index >= 15 is 0 Å². The van der Waals surface area contributed by atoms with Crippen LogP contribution in [-0.4, -0.2) is 28.9 Å². The summed E-state index contributed by atoms with van der Waals surface area (Å²) >= 11 is 1.61. The summed E-state index contributed by atoms with van der Waals surface area (Å²) in [5, 5.41) is 7.64. The van der Waals surface area contributed by atoms with Crippen LogP contribution >= 0.6 is 11.3 Å². The maximum atomic E-state index is 11.5. The van der Waals surface area contributed by atoms with E-state index in [1.54, 1.807) is 18.4 Å². The number of thiazole rings is 1.